The van der Waals surface area contributed by atoms with Gasteiger partial charge >= 0.3 is 0 Å². The van der Waals surface area contributed by atoms with Gasteiger partial charge in [-0.1, -0.05) is 6.07 Å². The summed E-state index contributed by atoms with van der Waals surface area (Å²) in [6, 6.07) is 9.36. The molecule has 3 rings (SSSR count). The highest BCUT2D eigenvalue weighted by Gasteiger charge is 2.22. The molecule has 3 heterocycles. The number of ether oxygens (including phenoxy) is 2. The smallest absolute Gasteiger partial charge is 0.254 e. The Kier molecular flexibility index (Phi) is 6.51. The molecule has 0 saturated carbocycles. The summed E-state index contributed by atoms with van der Waals surface area (Å²) >= 11 is 0. The number of piperazine rings is 1. The van der Waals surface area contributed by atoms with E-state index in [9.17, 15) is 4.79 Å². The van der Waals surface area contributed by atoms with Crippen LogP contribution in [0.25, 0.3) is 0 Å². The number of rotatable bonds is 7. The van der Waals surface area contributed by atoms with Crippen molar-refractivity contribution >= 4 is 5.91 Å². The van der Waals surface area contributed by atoms with Crippen LogP contribution in [0.15, 0.2) is 42.7 Å². The maximum absolute atomic E-state index is 12.7. The van der Waals surface area contributed by atoms with E-state index in [1.807, 2.05) is 29.3 Å². The van der Waals surface area contributed by atoms with E-state index < -0.39 is 0 Å². The summed E-state index contributed by atoms with van der Waals surface area (Å²) in [4.78, 5) is 25.4. The molecule has 0 aromatic carbocycles. The van der Waals surface area contributed by atoms with Crippen LogP contribution in [0.5, 0.6) is 5.88 Å². The summed E-state index contributed by atoms with van der Waals surface area (Å²) in [5.41, 5.74) is 1.66. The summed E-state index contributed by atoms with van der Waals surface area (Å²) in [6.45, 7) is 4.79. The van der Waals surface area contributed by atoms with Crippen molar-refractivity contribution in [3.05, 3.63) is 54.0 Å². The molecule has 0 aliphatic carbocycles. The summed E-state index contributed by atoms with van der Waals surface area (Å²) in [5, 5.41) is 0. The van der Waals surface area contributed by atoms with Gasteiger partial charge in [0.25, 0.3) is 5.91 Å². The lowest BCUT2D eigenvalue weighted by Crippen LogP contribution is -2.48. The van der Waals surface area contributed by atoms with E-state index in [4.69, 9.17) is 9.47 Å². The van der Waals surface area contributed by atoms with Crippen molar-refractivity contribution in [2.45, 2.75) is 6.54 Å². The lowest BCUT2D eigenvalue weighted by Gasteiger charge is -2.34. The average Bonchev–Trinajstić information content (AvgIpc) is 2.69. The lowest BCUT2D eigenvalue weighted by atomic mass is 10.2. The molecule has 1 aliphatic heterocycles. The highest BCUT2D eigenvalue weighted by Crippen LogP contribution is 2.14. The van der Waals surface area contributed by atoms with Crippen molar-refractivity contribution in [3.63, 3.8) is 0 Å². The van der Waals surface area contributed by atoms with Crippen LogP contribution < -0.4 is 4.74 Å². The van der Waals surface area contributed by atoms with E-state index in [2.05, 4.69) is 14.9 Å². The second-order valence-electron chi connectivity index (χ2n) is 6.11. The monoisotopic (exact) mass is 356 g/mol. The Bertz CT molecular complexity index is 703. The van der Waals surface area contributed by atoms with Gasteiger partial charge in [0, 0.05) is 63.9 Å². The van der Waals surface area contributed by atoms with Gasteiger partial charge in [0.05, 0.1) is 12.3 Å². The molecule has 2 aromatic rings. The molecule has 0 bridgehead atoms. The predicted octanol–water partition coefficient (Wildman–Crippen LogP) is 1.46. The molecule has 26 heavy (non-hydrogen) atoms. The van der Waals surface area contributed by atoms with Gasteiger partial charge < -0.3 is 14.4 Å². The third-order valence-electron chi connectivity index (χ3n) is 4.29. The maximum atomic E-state index is 12.7. The second kappa shape index (κ2) is 9.26. The average molecular weight is 356 g/mol. The molecule has 0 atom stereocenters. The third kappa shape index (κ3) is 5.00. The lowest BCUT2D eigenvalue weighted by molar-refractivity contribution is 0.0626. The molecule has 1 aliphatic rings. The van der Waals surface area contributed by atoms with E-state index >= 15 is 0 Å². The quantitative estimate of drug-likeness (QED) is 0.700. The number of nitrogens with zero attached hydrogens (tertiary/aromatic N) is 4. The van der Waals surface area contributed by atoms with E-state index in [1.165, 1.54) is 0 Å². The van der Waals surface area contributed by atoms with Crippen LogP contribution in [0.1, 0.15) is 16.1 Å². The number of methoxy groups -OCH3 is 1. The normalized spacial score (nSPS) is 15.0. The van der Waals surface area contributed by atoms with Crippen LogP contribution >= 0.6 is 0 Å². The van der Waals surface area contributed by atoms with Crippen molar-refractivity contribution in [1.29, 1.82) is 0 Å². The van der Waals surface area contributed by atoms with Gasteiger partial charge in [-0.15, -0.1) is 0 Å². The van der Waals surface area contributed by atoms with Gasteiger partial charge in [-0.05, 0) is 18.2 Å². The zero-order valence-corrected chi connectivity index (χ0v) is 15.0. The standard InChI is InChI=1S/C19H24N4O3/c1-25-12-13-26-18-14-16(5-7-21-18)19(24)23-10-8-22(9-11-23)15-17-4-2-3-6-20-17/h2-7,14H,8-13,15H2,1H3. The van der Waals surface area contributed by atoms with Crippen LogP contribution in [0.4, 0.5) is 0 Å². The van der Waals surface area contributed by atoms with E-state index in [0.717, 1.165) is 25.3 Å². The first-order valence-electron chi connectivity index (χ1n) is 8.75. The Morgan fingerprint density at radius 2 is 1.92 bits per heavy atom. The first kappa shape index (κ1) is 18.3. The fraction of sp³-hybridized carbons (Fsp3) is 0.421. The molecule has 0 N–H and O–H groups in total. The van der Waals surface area contributed by atoms with E-state index in [1.54, 1.807) is 25.4 Å². The van der Waals surface area contributed by atoms with E-state index in [0.29, 0.717) is 37.7 Å². The molecular weight excluding hydrogens is 332 g/mol. The largest absolute Gasteiger partial charge is 0.475 e. The number of hydrogen-bond donors (Lipinski definition) is 0. The molecule has 0 radical (unpaired) electrons. The minimum Gasteiger partial charge on any atom is -0.475 e. The summed E-state index contributed by atoms with van der Waals surface area (Å²) in [7, 11) is 1.62. The molecule has 0 unspecified atom stereocenters. The zero-order valence-electron chi connectivity index (χ0n) is 15.0. The highest BCUT2D eigenvalue weighted by atomic mass is 16.5. The highest BCUT2D eigenvalue weighted by molar-refractivity contribution is 5.94. The van der Waals surface area contributed by atoms with Crippen molar-refractivity contribution in [2.75, 3.05) is 46.5 Å². The van der Waals surface area contributed by atoms with Crippen LogP contribution in [-0.4, -0.2) is 72.2 Å². The minimum atomic E-state index is 0.0153. The number of carbonyl (C=O) groups is 1. The van der Waals surface area contributed by atoms with Crippen molar-refractivity contribution in [2.24, 2.45) is 0 Å². The van der Waals surface area contributed by atoms with Crippen molar-refractivity contribution in [3.8, 4) is 5.88 Å². The fourth-order valence-electron chi connectivity index (χ4n) is 2.86. The predicted molar refractivity (Wildman–Crippen MR) is 97.0 cm³/mol. The molecule has 0 spiro atoms. The first-order chi connectivity index (χ1) is 12.8. The van der Waals surface area contributed by atoms with Crippen molar-refractivity contribution in [1.82, 2.24) is 19.8 Å². The van der Waals surface area contributed by atoms with Gasteiger partial charge in [0.15, 0.2) is 0 Å². The summed E-state index contributed by atoms with van der Waals surface area (Å²) in [6.07, 6.45) is 3.41. The molecule has 7 heteroatoms. The van der Waals surface area contributed by atoms with Gasteiger partial charge in [-0.3, -0.25) is 14.7 Å². The van der Waals surface area contributed by atoms with E-state index in [-0.39, 0.29) is 5.91 Å². The molecule has 7 nitrogen and oxygen atoms in total. The molecule has 138 valence electrons. The van der Waals surface area contributed by atoms with Gasteiger partial charge in [-0.2, -0.15) is 0 Å². The van der Waals surface area contributed by atoms with Crippen LogP contribution in [0.3, 0.4) is 0 Å². The van der Waals surface area contributed by atoms with Gasteiger partial charge in [0.1, 0.15) is 6.61 Å². The molecular formula is C19H24N4O3. The zero-order chi connectivity index (χ0) is 18.2. The molecule has 1 fully saturated rings. The Morgan fingerprint density at radius 3 is 2.65 bits per heavy atom. The summed E-state index contributed by atoms with van der Waals surface area (Å²) < 4.78 is 10.4. The Hall–Kier alpha value is -2.51. The van der Waals surface area contributed by atoms with Crippen LogP contribution in [0.2, 0.25) is 0 Å². The topological polar surface area (TPSA) is 67.8 Å². The number of aromatic nitrogens is 2. The fourth-order valence-corrected chi connectivity index (χ4v) is 2.86. The molecule has 2 aromatic heterocycles. The minimum absolute atomic E-state index is 0.0153. The number of carbonyl (C=O) groups excluding carboxylic acids is 1. The Labute approximate surface area is 153 Å². The summed E-state index contributed by atoms with van der Waals surface area (Å²) in [5.74, 6) is 0.461. The van der Waals surface area contributed by atoms with Crippen LogP contribution in [0, 0.1) is 0 Å². The second-order valence-corrected chi connectivity index (χ2v) is 6.11. The molecule has 1 saturated heterocycles. The number of pyridine rings is 2. The number of hydrogen-bond acceptors (Lipinski definition) is 6. The maximum Gasteiger partial charge on any atom is 0.254 e. The first-order valence-corrected chi connectivity index (χ1v) is 8.75. The molecule has 1 amide bonds. The SMILES string of the molecule is COCCOc1cc(C(=O)N2CCN(Cc3ccccn3)CC2)ccn1. The Morgan fingerprint density at radius 1 is 1.08 bits per heavy atom. The van der Waals surface area contributed by atoms with Gasteiger partial charge in [0.2, 0.25) is 5.88 Å². The Balaban J connectivity index is 1.52. The van der Waals surface area contributed by atoms with Gasteiger partial charge in [-0.25, -0.2) is 4.98 Å². The van der Waals surface area contributed by atoms with Crippen LogP contribution in [-0.2, 0) is 11.3 Å². The van der Waals surface area contributed by atoms with Crippen molar-refractivity contribution < 1.29 is 14.3 Å². The third-order valence-corrected chi connectivity index (χ3v) is 4.29. The number of amides is 1.